The number of anilines is 1. The fraction of sp³-hybridized carbons (Fsp3) is 0.0526. The van der Waals surface area contributed by atoms with Gasteiger partial charge >= 0.3 is 0 Å². The Morgan fingerprint density at radius 2 is 1.96 bits per heavy atom. The summed E-state index contributed by atoms with van der Waals surface area (Å²) in [6.07, 6.45) is 0. The van der Waals surface area contributed by atoms with Crippen LogP contribution in [0.3, 0.4) is 0 Å². The first-order valence-electron chi connectivity index (χ1n) is 8.19. The van der Waals surface area contributed by atoms with Gasteiger partial charge < -0.3 is 5.11 Å². The molecule has 7 nitrogen and oxygen atoms in total. The summed E-state index contributed by atoms with van der Waals surface area (Å²) in [7, 11) is 0. The summed E-state index contributed by atoms with van der Waals surface area (Å²) in [5, 5.41) is 17.2. The number of hydrogen-bond donors (Lipinski definition) is 2. The summed E-state index contributed by atoms with van der Waals surface area (Å²) in [5.41, 5.74) is 1.46. The smallest absolute Gasteiger partial charge is 0.281 e. The quantitative estimate of drug-likeness (QED) is 0.487. The Morgan fingerprint density at radius 1 is 1.21 bits per heavy atom. The third-order valence-corrected chi connectivity index (χ3v) is 5.50. The van der Waals surface area contributed by atoms with Crippen LogP contribution in [0.15, 0.2) is 57.8 Å². The lowest BCUT2D eigenvalue weighted by molar-refractivity contribution is 0.101. The third-order valence-electron chi connectivity index (χ3n) is 4.04. The maximum absolute atomic E-state index is 12.7. The zero-order chi connectivity index (χ0) is 19.8. The maximum Gasteiger partial charge on any atom is 0.281 e. The molecule has 140 valence electrons. The Bertz CT molecular complexity index is 1260. The number of aryl methyl sites for hydroxylation is 1. The SMILES string of the molecule is Cc1cccc2sc(NC(=O)c3nn(-c4ccc(Br)cc4)c(=O)cc3O)nc12. The number of rotatable bonds is 3. The minimum absolute atomic E-state index is 0.265. The predicted octanol–water partition coefficient (Wildman–Crippen LogP) is 3.87. The minimum atomic E-state index is -0.653. The van der Waals surface area contributed by atoms with Crippen LogP contribution in [0.4, 0.5) is 5.13 Å². The van der Waals surface area contributed by atoms with Crippen molar-refractivity contribution in [3.63, 3.8) is 0 Å². The Morgan fingerprint density at radius 3 is 2.68 bits per heavy atom. The highest BCUT2D eigenvalue weighted by Crippen LogP contribution is 2.28. The number of benzene rings is 2. The van der Waals surface area contributed by atoms with Crippen molar-refractivity contribution in [2.45, 2.75) is 6.92 Å². The van der Waals surface area contributed by atoms with E-state index in [2.05, 4.69) is 31.3 Å². The normalized spacial score (nSPS) is 10.9. The van der Waals surface area contributed by atoms with E-state index in [1.54, 1.807) is 24.3 Å². The van der Waals surface area contributed by atoms with Crippen LogP contribution >= 0.6 is 27.3 Å². The number of nitrogens with one attached hydrogen (secondary N) is 1. The molecule has 0 atom stereocenters. The monoisotopic (exact) mass is 456 g/mol. The van der Waals surface area contributed by atoms with Gasteiger partial charge in [0.15, 0.2) is 16.6 Å². The predicted molar refractivity (Wildman–Crippen MR) is 112 cm³/mol. The molecule has 0 bridgehead atoms. The maximum atomic E-state index is 12.7. The van der Waals surface area contributed by atoms with Crippen LogP contribution in [0.1, 0.15) is 16.1 Å². The summed E-state index contributed by atoms with van der Waals surface area (Å²) in [6.45, 7) is 1.94. The van der Waals surface area contributed by atoms with Crippen molar-refractivity contribution in [1.29, 1.82) is 0 Å². The minimum Gasteiger partial charge on any atom is -0.505 e. The molecule has 0 fully saturated rings. The number of aromatic nitrogens is 3. The second-order valence-electron chi connectivity index (χ2n) is 6.00. The number of thiazole rings is 1. The first-order valence-corrected chi connectivity index (χ1v) is 9.80. The van der Waals surface area contributed by atoms with Gasteiger partial charge in [-0.1, -0.05) is 39.4 Å². The van der Waals surface area contributed by atoms with Crippen molar-refractivity contribution in [1.82, 2.24) is 14.8 Å². The number of para-hydroxylation sites is 1. The van der Waals surface area contributed by atoms with Crippen LogP contribution in [0.5, 0.6) is 5.75 Å². The van der Waals surface area contributed by atoms with E-state index in [4.69, 9.17) is 0 Å². The second-order valence-corrected chi connectivity index (χ2v) is 7.95. The summed E-state index contributed by atoms with van der Waals surface area (Å²) in [4.78, 5) is 29.3. The highest BCUT2D eigenvalue weighted by molar-refractivity contribution is 9.10. The number of hydrogen-bond acceptors (Lipinski definition) is 6. The first kappa shape index (κ1) is 18.3. The summed E-state index contributed by atoms with van der Waals surface area (Å²) >= 11 is 4.64. The second kappa shape index (κ2) is 7.17. The van der Waals surface area contributed by atoms with E-state index >= 15 is 0 Å². The van der Waals surface area contributed by atoms with Gasteiger partial charge in [0.05, 0.1) is 15.9 Å². The first-order chi connectivity index (χ1) is 13.4. The lowest BCUT2D eigenvalue weighted by Gasteiger charge is -2.08. The molecule has 28 heavy (non-hydrogen) atoms. The number of amides is 1. The molecule has 0 aliphatic carbocycles. The molecule has 0 saturated carbocycles. The van der Waals surface area contributed by atoms with E-state index in [1.165, 1.54) is 11.3 Å². The molecule has 0 saturated heterocycles. The lowest BCUT2D eigenvalue weighted by Crippen LogP contribution is -2.25. The molecule has 2 N–H and O–H groups in total. The molecule has 0 unspecified atom stereocenters. The van der Waals surface area contributed by atoms with Crippen LogP contribution in [-0.4, -0.2) is 25.8 Å². The topological polar surface area (TPSA) is 97.1 Å². The fourth-order valence-electron chi connectivity index (χ4n) is 2.67. The molecule has 0 aliphatic heterocycles. The molecule has 9 heteroatoms. The molecule has 2 heterocycles. The van der Waals surface area contributed by atoms with E-state index in [9.17, 15) is 14.7 Å². The number of carbonyl (C=O) groups excluding carboxylic acids is 1. The van der Waals surface area contributed by atoms with Gasteiger partial charge in [-0.15, -0.1) is 0 Å². The summed E-state index contributed by atoms with van der Waals surface area (Å²) in [5.74, 6) is -1.15. The highest BCUT2D eigenvalue weighted by atomic mass is 79.9. The Kier molecular flexibility index (Phi) is 4.70. The van der Waals surface area contributed by atoms with Crippen molar-refractivity contribution in [3.8, 4) is 11.4 Å². The van der Waals surface area contributed by atoms with Gasteiger partial charge in [0.2, 0.25) is 0 Å². The number of fused-ring (bicyclic) bond motifs is 1. The molecular weight excluding hydrogens is 444 g/mol. The standard InChI is InChI=1S/C19H13BrN4O3S/c1-10-3-2-4-14-16(10)21-19(28-14)22-18(27)17-13(25)9-15(26)24(23-17)12-7-5-11(20)6-8-12/h2-9,25H,1H3,(H,21,22,27). The van der Waals surface area contributed by atoms with E-state index in [-0.39, 0.29) is 5.69 Å². The molecule has 2 aromatic heterocycles. The Labute approximate surface area is 171 Å². The van der Waals surface area contributed by atoms with Gasteiger partial charge in [-0.25, -0.2) is 4.98 Å². The molecule has 4 aromatic rings. The van der Waals surface area contributed by atoms with Crippen molar-refractivity contribution < 1.29 is 9.90 Å². The lowest BCUT2D eigenvalue weighted by atomic mass is 10.2. The van der Waals surface area contributed by atoms with Gasteiger partial charge in [-0.2, -0.15) is 9.78 Å². The van der Waals surface area contributed by atoms with Crippen LogP contribution < -0.4 is 10.9 Å². The molecular formula is C19H13BrN4O3S. The number of aromatic hydroxyl groups is 1. The van der Waals surface area contributed by atoms with Crippen molar-refractivity contribution in [2.24, 2.45) is 0 Å². The van der Waals surface area contributed by atoms with E-state index in [0.29, 0.717) is 10.8 Å². The largest absolute Gasteiger partial charge is 0.505 e. The zero-order valence-corrected chi connectivity index (χ0v) is 16.9. The van der Waals surface area contributed by atoms with Crippen LogP contribution in [0.25, 0.3) is 15.9 Å². The molecule has 0 aliphatic rings. The van der Waals surface area contributed by atoms with Crippen molar-refractivity contribution in [2.75, 3.05) is 5.32 Å². The van der Waals surface area contributed by atoms with Crippen LogP contribution in [0, 0.1) is 6.92 Å². The summed E-state index contributed by atoms with van der Waals surface area (Å²) < 4.78 is 2.84. The Balaban J connectivity index is 1.70. The van der Waals surface area contributed by atoms with Gasteiger partial charge in [0.1, 0.15) is 0 Å². The third kappa shape index (κ3) is 3.41. The average Bonchev–Trinajstić information content (AvgIpc) is 3.06. The van der Waals surface area contributed by atoms with Gasteiger partial charge in [-0.3, -0.25) is 14.9 Å². The average molecular weight is 457 g/mol. The van der Waals surface area contributed by atoms with Crippen molar-refractivity contribution in [3.05, 3.63) is 74.6 Å². The number of carbonyl (C=O) groups is 1. The number of halogens is 1. The van der Waals surface area contributed by atoms with E-state index in [0.717, 1.165) is 31.0 Å². The molecule has 0 radical (unpaired) electrons. The molecule has 1 amide bonds. The Hall–Kier alpha value is -3.04. The number of nitrogens with zero attached hydrogens (tertiary/aromatic N) is 3. The molecule has 0 spiro atoms. The highest BCUT2D eigenvalue weighted by Gasteiger charge is 2.19. The van der Waals surface area contributed by atoms with Gasteiger partial charge in [0.25, 0.3) is 11.5 Å². The van der Waals surface area contributed by atoms with Crippen molar-refractivity contribution >= 4 is 48.5 Å². The molecule has 4 rings (SSSR count). The fourth-order valence-corrected chi connectivity index (χ4v) is 3.88. The van der Waals surface area contributed by atoms with E-state index < -0.39 is 17.2 Å². The van der Waals surface area contributed by atoms with Crippen LogP contribution in [0.2, 0.25) is 0 Å². The van der Waals surface area contributed by atoms with Gasteiger partial charge in [-0.05, 0) is 42.8 Å². The van der Waals surface area contributed by atoms with Crippen LogP contribution in [-0.2, 0) is 0 Å². The zero-order valence-electron chi connectivity index (χ0n) is 14.5. The van der Waals surface area contributed by atoms with E-state index in [1.807, 2.05) is 25.1 Å². The van der Waals surface area contributed by atoms with Gasteiger partial charge in [0, 0.05) is 10.5 Å². The summed E-state index contributed by atoms with van der Waals surface area (Å²) in [6, 6.07) is 13.6. The molecule has 2 aromatic carbocycles.